The van der Waals surface area contributed by atoms with Crippen molar-refractivity contribution < 1.29 is 14.0 Å². The summed E-state index contributed by atoms with van der Waals surface area (Å²) in [4.78, 5) is 23.9. The number of hydrogen-bond donors (Lipinski definition) is 0. The molecule has 6 atom stereocenters. The van der Waals surface area contributed by atoms with Crippen molar-refractivity contribution in [2.24, 2.45) is 34.5 Å². The molecule has 4 aliphatic carbocycles. The number of rotatable bonds is 1. The first-order valence-corrected chi connectivity index (χ1v) is 9.41. The van der Waals surface area contributed by atoms with Gasteiger partial charge >= 0.3 is 0 Å². The molecular weight excluding hydrogens is 303 g/mol. The van der Waals surface area contributed by atoms with Crippen LogP contribution in [0.5, 0.6) is 0 Å². The molecule has 3 heteroatoms. The Bertz CT molecular complexity index is 675. The van der Waals surface area contributed by atoms with E-state index in [1.54, 1.807) is 13.0 Å². The van der Waals surface area contributed by atoms with E-state index in [0.717, 1.165) is 44.1 Å². The van der Waals surface area contributed by atoms with Crippen LogP contribution in [0.25, 0.3) is 0 Å². The Hall–Kier alpha value is -1.25. The molecule has 0 spiro atoms. The van der Waals surface area contributed by atoms with Crippen LogP contribution in [0.4, 0.5) is 4.39 Å². The van der Waals surface area contributed by atoms with Gasteiger partial charge in [-0.05, 0) is 81.6 Å². The monoisotopic (exact) mass is 330 g/mol. The number of carbonyl (C=O) groups is 2. The molecule has 0 unspecified atom stereocenters. The summed E-state index contributed by atoms with van der Waals surface area (Å²) in [6.45, 7) is 6.05. The highest BCUT2D eigenvalue weighted by Gasteiger charge is 2.60. The van der Waals surface area contributed by atoms with Crippen LogP contribution in [-0.2, 0) is 9.59 Å². The fraction of sp³-hybridized carbons (Fsp3) is 0.714. The van der Waals surface area contributed by atoms with Gasteiger partial charge in [0.1, 0.15) is 11.6 Å². The largest absolute Gasteiger partial charge is 0.300 e. The molecule has 4 rings (SSSR count). The Morgan fingerprint density at radius 3 is 2.58 bits per heavy atom. The zero-order valence-corrected chi connectivity index (χ0v) is 14.9. The first-order chi connectivity index (χ1) is 11.3. The summed E-state index contributed by atoms with van der Waals surface area (Å²) in [5.41, 5.74) is 0.500. The van der Waals surface area contributed by atoms with E-state index in [4.69, 9.17) is 0 Å². The Balaban J connectivity index is 1.71. The molecule has 0 saturated heterocycles. The molecule has 0 amide bonds. The van der Waals surface area contributed by atoms with Crippen molar-refractivity contribution in [2.75, 3.05) is 0 Å². The van der Waals surface area contributed by atoms with Crippen molar-refractivity contribution >= 4 is 11.6 Å². The van der Waals surface area contributed by atoms with E-state index in [-0.39, 0.29) is 28.9 Å². The predicted molar refractivity (Wildman–Crippen MR) is 90.8 cm³/mol. The fourth-order valence-corrected chi connectivity index (χ4v) is 6.94. The van der Waals surface area contributed by atoms with Crippen LogP contribution in [0.3, 0.4) is 0 Å². The van der Waals surface area contributed by atoms with E-state index in [2.05, 4.69) is 6.92 Å². The summed E-state index contributed by atoms with van der Waals surface area (Å²) >= 11 is 0. The van der Waals surface area contributed by atoms with E-state index in [9.17, 15) is 14.0 Å². The number of allylic oxidation sites excluding steroid dienone is 4. The van der Waals surface area contributed by atoms with Crippen molar-refractivity contribution in [2.45, 2.75) is 59.3 Å². The molecule has 0 heterocycles. The maximum Gasteiger partial charge on any atom is 0.181 e. The summed E-state index contributed by atoms with van der Waals surface area (Å²) in [6.07, 6.45) is 8.81. The first-order valence-electron chi connectivity index (χ1n) is 9.41. The van der Waals surface area contributed by atoms with Crippen LogP contribution in [-0.4, -0.2) is 11.6 Å². The predicted octanol–water partition coefficient (Wildman–Crippen LogP) is 4.80. The van der Waals surface area contributed by atoms with Crippen LogP contribution >= 0.6 is 0 Å². The van der Waals surface area contributed by atoms with Gasteiger partial charge in [0.05, 0.1) is 0 Å². The first kappa shape index (κ1) is 16.2. The highest BCUT2D eigenvalue weighted by Crippen LogP contribution is 2.67. The van der Waals surface area contributed by atoms with Gasteiger partial charge in [-0.25, -0.2) is 4.39 Å². The number of Topliss-reactive ketones (excluding diaryl/α,β-unsaturated/α-hetero) is 1. The summed E-state index contributed by atoms with van der Waals surface area (Å²) in [6, 6.07) is 0. The van der Waals surface area contributed by atoms with E-state index >= 15 is 0 Å². The lowest BCUT2D eigenvalue weighted by Crippen LogP contribution is -2.51. The molecule has 0 bridgehead atoms. The average Bonchev–Trinajstić information content (AvgIpc) is 2.86. The zero-order chi connectivity index (χ0) is 17.3. The molecule has 4 aliphatic rings. The van der Waals surface area contributed by atoms with Crippen LogP contribution in [0.2, 0.25) is 0 Å². The molecule has 0 aromatic heterocycles. The summed E-state index contributed by atoms with van der Waals surface area (Å²) < 4.78 is 14.9. The molecular formula is C21H27FO2. The highest BCUT2D eigenvalue weighted by atomic mass is 19.1. The molecule has 0 N–H and O–H groups in total. The summed E-state index contributed by atoms with van der Waals surface area (Å²) in [5.74, 6) is 1.35. The second-order valence-electron chi connectivity index (χ2n) is 8.97. The van der Waals surface area contributed by atoms with Gasteiger partial charge in [-0.15, -0.1) is 0 Å². The molecule has 2 nitrogen and oxygen atoms in total. The third-order valence-corrected chi connectivity index (χ3v) is 8.17. The lowest BCUT2D eigenvalue weighted by molar-refractivity contribution is -0.127. The third-order valence-electron chi connectivity index (χ3n) is 8.17. The standard InChI is InChI=1S/C21H27FO2/c1-12(23)16-6-7-17-15-5-4-13-10-14(24)11-19(22)21(13,3)18(15)8-9-20(16,17)2/h10-11,15-18H,4-9H2,1-3H3/t15-,16+,17-,18-,20+,21-/m0/s1. The normalized spacial score (nSPS) is 47.2. The lowest BCUT2D eigenvalue weighted by atomic mass is 9.47. The van der Waals surface area contributed by atoms with Crippen molar-refractivity contribution in [1.29, 1.82) is 0 Å². The van der Waals surface area contributed by atoms with E-state index in [1.807, 2.05) is 6.92 Å². The fourth-order valence-electron chi connectivity index (χ4n) is 6.94. The van der Waals surface area contributed by atoms with Crippen molar-refractivity contribution in [3.05, 3.63) is 23.6 Å². The number of halogens is 1. The zero-order valence-electron chi connectivity index (χ0n) is 14.9. The Morgan fingerprint density at radius 2 is 1.88 bits per heavy atom. The topological polar surface area (TPSA) is 34.1 Å². The Morgan fingerprint density at radius 1 is 1.12 bits per heavy atom. The maximum atomic E-state index is 14.9. The van der Waals surface area contributed by atoms with Crippen LogP contribution in [0.15, 0.2) is 23.6 Å². The van der Waals surface area contributed by atoms with Gasteiger partial charge in [-0.2, -0.15) is 0 Å². The second kappa shape index (κ2) is 5.12. The molecule has 3 fully saturated rings. The third kappa shape index (κ3) is 1.93. The van der Waals surface area contributed by atoms with Gasteiger partial charge in [0.15, 0.2) is 5.78 Å². The summed E-state index contributed by atoms with van der Waals surface area (Å²) in [5, 5.41) is 0. The molecule has 0 aromatic rings. The lowest BCUT2D eigenvalue weighted by Gasteiger charge is -2.57. The van der Waals surface area contributed by atoms with Gasteiger partial charge in [0, 0.05) is 17.4 Å². The van der Waals surface area contributed by atoms with E-state index in [0.29, 0.717) is 17.6 Å². The minimum absolute atomic E-state index is 0.0925. The number of ketones is 2. The van der Waals surface area contributed by atoms with Crippen molar-refractivity contribution in [3.63, 3.8) is 0 Å². The summed E-state index contributed by atoms with van der Waals surface area (Å²) in [7, 11) is 0. The highest BCUT2D eigenvalue weighted by molar-refractivity contribution is 6.01. The Labute approximate surface area is 143 Å². The molecule has 0 radical (unpaired) electrons. The van der Waals surface area contributed by atoms with Gasteiger partial charge in [0.2, 0.25) is 0 Å². The maximum absolute atomic E-state index is 14.9. The molecule has 0 aromatic carbocycles. The van der Waals surface area contributed by atoms with Crippen LogP contribution in [0, 0.1) is 34.5 Å². The van der Waals surface area contributed by atoms with Crippen molar-refractivity contribution in [1.82, 2.24) is 0 Å². The van der Waals surface area contributed by atoms with Gasteiger partial charge < -0.3 is 0 Å². The van der Waals surface area contributed by atoms with Gasteiger partial charge in [-0.1, -0.05) is 12.5 Å². The molecule has 130 valence electrons. The molecule has 0 aliphatic heterocycles. The SMILES string of the molecule is CC(=O)[C@H]1CC[C@H]2[C@@H]3CCC4=CC(=O)C=C(F)[C@]4(C)[C@H]3CC[C@]12C. The van der Waals surface area contributed by atoms with E-state index in [1.165, 1.54) is 6.08 Å². The number of hydrogen-bond acceptors (Lipinski definition) is 2. The second-order valence-corrected chi connectivity index (χ2v) is 8.97. The van der Waals surface area contributed by atoms with Gasteiger partial charge in [0.25, 0.3) is 0 Å². The van der Waals surface area contributed by atoms with Gasteiger partial charge in [-0.3, -0.25) is 9.59 Å². The van der Waals surface area contributed by atoms with Crippen molar-refractivity contribution in [3.8, 4) is 0 Å². The minimum atomic E-state index is -0.591. The van der Waals surface area contributed by atoms with Crippen LogP contribution in [0.1, 0.15) is 59.3 Å². The Kier molecular flexibility index (Phi) is 3.47. The number of fused-ring (bicyclic) bond motifs is 5. The number of carbonyl (C=O) groups excluding carboxylic acids is 2. The quantitative estimate of drug-likeness (QED) is 0.692. The van der Waals surface area contributed by atoms with E-state index < -0.39 is 5.41 Å². The molecule has 3 saturated carbocycles. The average molecular weight is 330 g/mol. The van der Waals surface area contributed by atoms with Crippen LogP contribution < -0.4 is 0 Å². The minimum Gasteiger partial charge on any atom is -0.300 e. The molecule has 24 heavy (non-hydrogen) atoms. The smallest absolute Gasteiger partial charge is 0.181 e.